The van der Waals surface area contributed by atoms with Gasteiger partial charge in [0.15, 0.2) is 0 Å². The second-order valence-electron chi connectivity index (χ2n) is 11.9. The number of hydrogen-bond acceptors (Lipinski definition) is 6. The van der Waals surface area contributed by atoms with Crippen LogP contribution >= 0.6 is 55.0 Å². The third-order valence-corrected chi connectivity index (χ3v) is 13.2. The third-order valence-electron chi connectivity index (χ3n) is 9.63. The maximum absolute atomic E-state index is 14.0. The van der Waals surface area contributed by atoms with Crippen LogP contribution in [0.25, 0.3) is 0 Å². The van der Waals surface area contributed by atoms with Crippen molar-refractivity contribution in [3.63, 3.8) is 0 Å². The third kappa shape index (κ3) is 4.42. The fourth-order valence-corrected chi connectivity index (χ4v) is 11.5. The molecule has 6 nitrogen and oxygen atoms in total. The molecule has 2 bridgehead atoms. The van der Waals surface area contributed by atoms with Crippen molar-refractivity contribution in [3.8, 4) is 5.75 Å². The predicted molar refractivity (Wildman–Crippen MR) is 175 cm³/mol. The van der Waals surface area contributed by atoms with Gasteiger partial charge in [-0.15, -0.1) is 11.8 Å². The summed E-state index contributed by atoms with van der Waals surface area (Å²) >= 11 is 10.1. The minimum absolute atomic E-state index is 0.0312. The number of fused-ring (bicyclic) bond motifs is 9. The van der Waals surface area contributed by atoms with E-state index in [9.17, 15) is 14.4 Å². The monoisotopic (exact) mass is 736 g/mol. The number of halogens is 2. The molecule has 0 spiro atoms. The molecule has 218 valence electrons. The van der Waals surface area contributed by atoms with Crippen LogP contribution in [0.2, 0.25) is 0 Å². The van der Waals surface area contributed by atoms with E-state index in [1.165, 1.54) is 21.8 Å². The number of aromatic nitrogens is 1. The Morgan fingerprint density at radius 1 is 0.907 bits per heavy atom. The van der Waals surface area contributed by atoms with Gasteiger partial charge in [-0.3, -0.25) is 19.3 Å². The zero-order valence-electron chi connectivity index (χ0n) is 23.0. The van der Waals surface area contributed by atoms with Crippen LogP contribution in [-0.2, 0) is 16.2 Å². The zero-order chi connectivity index (χ0) is 29.6. The van der Waals surface area contributed by atoms with Gasteiger partial charge in [-0.1, -0.05) is 73.0 Å². The first-order chi connectivity index (χ1) is 20.8. The topological polar surface area (TPSA) is 79.5 Å². The van der Waals surface area contributed by atoms with Crippen LogP contribution in [0.3, 0.4) is 0 Å². The lowest BCUT2D eigenvalue weighted by Gasteiger charge is -2.43. The second kappa shape index (κ2) is 10.5. The van der Waals surface area contributed by atoms with Crippen LogP contribution in [-0.4, -0.2) is 22.0 Å². The summed E-state index contributed by atoms with van der Waals surface area (Å²) in [5.74, 6) is -0.0394. The average molecular weight is 739 g/mol. The molecule has 43 heavy (non-hydrogen) atoms. The first-order valence-electron chi connectivity index (χ1n) is 14.3. The van der Waals surface area contributed by atoms with Gasteiger partial charge in [-0.2, -0.15) is 0 Å². The average Bonchev–Trinajstić information content (AvgIpc) is 3.73. The number of aromatic amines is 1. The molecule has 2 saturated carbocycles. The maximum Gasteiger partial charge on any atom is 0.305 e. The summed E-state index contributed by atoms with van der Waals surface area (Å²) in [5, 5.41) is 0.996. The van der Waals surface area contributed by atoms with Gasteiger partial charge in [-0.05, 0) is 79.1 Å². The predicted octanol–water partition coefficient (Wildman–Crippen LogP) is 7.53. The van der Waals surface area contributed by atoms with Crippen molar-refractivity contribution < 1.29 is 14.3 Å². The summed E-state index contributed by atoms with van der Waals surface area (Å²) in [7, 11) is 0. The van der Waals surface area contributed by atoms with Gasteiger partial charge in [0.05, 0.1) is 22.5 Å². The van der Waals surface area contributed by atoms with Crippen molar-refractivity contribution in [1.29, 1.82) is 0 Å². The van der Waals surface area contributed by atoms with Crippen LogP contribution in [0.1, 0.15) is 33.9 Å². The van der Waals surface area contributed by atoms with Gasteiger partial charge in [0.1, 0.15) is 12.4 Å². The molecular weight excluding hydrogens is 712 g/mol. The van der Waals surface area contributed by atoms with Gasteiger partial charge in [0.2, 0.25) is 11.8 Å². The number of anilines is 1. The number of hydrogen-bond donors (Lipinski definition) is 1. The lowest BCUT2D eigenvalue weighted by molar-refractivity contribution is -0.123. The molecule has 3 fully saturated rings. The summed E-state index contributed by atoms with van der Waals surface area (Å²) in [5.41, 5.74) is 3.91. The normalized spacial score (nSPS) is 28.6. The van der Waals surface area contributed by atoms with Gasteiger partial charge in [0.25, 0.3) is 0 Å². The molecule has 2 aliphatic heterocycles. The van der Waals surface area contributed by atoms with E-state index in [4.69, 9.17) is 4.74 Å². The Morgan fingerprint density at radius 3 is 2.35 bits per heavy atom. The number of H-pyrrole nitrogens is 1. The molecule has 0 radical (unpaired) electrons. The Hall–Kier alpha value is -2.66. The molecule has 7 atom stereocenters. The quantitative estimate of drug-likeness (QED) is 0.215. The van der Waals surface area contributed by atoms with Gasteiger partial charge < -0.3 is 9.72 Å². The van der Waals surface area contributed by atoms with E-state index in [0.29, 0.717) is 12.3 Å². The van der Waals surface area contributed by atoms with Crippen LogP contribution in [0.5, 0.6) is 5.75 Å². The first-order valence-corrected chi connectivity index (χ1v) is 17.6. The standard InChI is InChI=1S/C33H26Br2N2O4S2/c1-15-2-4-16(5-3-15)14-41-23-11-8-18(35)12-20(23)24-25-21-13-22(28(25)42-30-29(24)43-33(40)36-30)27-26(21)31(38)37(32(27)39)19-9-6-17(34)7-10-19/h2-12,21-22,24-28H,13-14H2,1H3,(H,36,40)/t21-,22-,24?,25?,26?,27?,28?/m1/s1. The minimum Gasteiger partial charge on any atom is -0.489 e. The van der Waals surface area contributed by atoms with E-state index in [1.807, 2.05) is 36.4 Å². The summed E-state index contributed by atoms with van der Waals surface area (Å²) in [6, 6.07) is 21.8. The lowest BCUT2D eigenvalue weighted by atomic mass is 9.68. The number of nitrogens with one attached hydrogen (secondary N) is 1. The largest absolute Gasteiger partial charge is 0.489 e. The zero-order valence-corrected chi connectivity index (χ0v) is 27.8. The molecule has 3 aromatic carbocycles. The van der Waals surface area contributed by atoms with Gasteiger partial charge in [0, 0.05) is 30.6 Å². The number of ether oxygens (including phenoxy) is 1. The number of thiazole rings is 1. The molecule has 1 saturated heterocycles. The molecule has 10 heteroatoms. The maximum atomic E-state index is 14.0. The van der Waals surface area contributed by atoms with E-state index in [1.54, 1.807) is 11.8 Å². The van der Waals surface area contributed by atoms with Crippen molar-refractivity contribution in [1.82, 2.24) is 4.98 Å². The number of nitrogens with zero attached hydrogens (tertiary/aromatic N) is 1. The van der Waals surface area contributed by atoms with Crippen molar-refractivity contribution >= 4 is 72.5 Å². The summed E-state index contributed by atoms with van der Waals surface area (Å²) in [6.45, 7) is 2.49. The van der Waals surface area contributed by atoms with E-state index in [0.717, 1.165) is 42.1 Å². The van der Waals surface area contributed by atoms with E-state index < -0.39 is 0 Å². The van der Waals surface area contributed by atoms with Crippen LogP contribution < -0.4 is 14.5 Å². The van der Waals surface area contributed by atoms with E-state index in [2.05, 4.69) is 74.1 Å². The van der Waals surface area contributed by atoms with E-state index >= 15 is 0 Å². The highest BCUT2D eigenvalue weighted by molar-refractivity contribution is 9.10. The Labute approximate surface area is 273 Å². The highest BCUT2D eigenvalue weighted by Gasteiger charge is 2.69. The number of amides is 2. The second-order valence-corrected chi connectivity index (χ2v) is 15.9. The van der Waals surface area contributed by atoms with Crippen LogP contribution in [0.4, 0.5) is 5.69 Å². The molecule has 1 aromatic heterocycles. The molecule has 4 aromatic rings. The SMILES string of the molecule is Cc1ccc(COc2ccc(Br)cc2C2c3sc(=O)[nH]c3SC3C2[C@H]2C[C@@H]3C3C(=O)N(c4ccc(Br)cc4)C(=O)C32)cc1. The molecule has 8 rings (SSSR count). The minimum atomic E-state index is -0.355. The Kier molecular flexibility index (Phi) is 6.78. The Morgan fingerprint density at radius 2 is 1.60 bits per heavy atom. The molecule has 2 amide bonds. The number of rotatable bonds is 5. The van der Waals surface area contributed by atoms with Crippen molar-refractivity contribution in [2.24, 2.45) is 29.6 Å². The lowest BCUT2D eigenvalue weighted by Crippen LogP contribution is -2.42. The van der Waals surface area contributed by atoms with E-state index in [-0.39, 0.29) is 57.4 Å². The molecule has 4 aliphatic rings. The highest BCUT2D eigenvalue weighted by atomic mass is 79.9. The fraction of sp³-hybridized carbons (Fsp3) is 0.303. The number of aryl methyl sites for hydroxylation is 1. The molecule has 2 aliphatic carbocycles. The van der Waals surface area contributed by atoms with Crippen molar-refractivity contribution in [2.75, 3.05) is 4.90 Å². The summed E-state index contributed by atoms with van der Waals surface area (Å²) in [6.07, 6.45) is 0.840. The fourth-order valence-electron chi connectivity index (χ4n) is 7.95. The number of carbonyl (C=O) groups excluding carboxylic acids is 2. The van der Waals surface area contributed by atoms with Crippen molar-refractivity contribution in [3.05, 3.63) is 107 Å². The first kappa shape index (κ1) is 27.9. The number of thioether (sulfide) groups is 1. The van der Waals surface area contributed by atoms with Crippen LogP contribution in [0, 0.1) is 36.5 Å². The molecular formula is C33H26Br2N2O4S2. The van der Waals surface area contributed by atoms with Gasteiger partial charge >= 0.3 is 4.87 Å². The Balaban J connectivity index is 1.20. The summed E-state index contributed by atoms with van der Waals surface area (Å²) in [4.78, 5) is 46.1. The Bertz CT molecular complexity index is 1840. The number of imide groups is 1. The number of carbonyl (C=O) groups is 2. The van der Waals surface area contributed by atoms with Crippen LogP contribution in [0.15, 0.2) is 85.5 Å². The number of benzene rings is 3. The van der Waals surface area contributed by atoms with Gasteiger partial charge in [-0.25, -0.2) is 0 Å². The molecule has 5 unspecified atom stereocenters. The highest BCUT2D eigenvalue weighted by Crippen LogP contribution is 2.69. The molecule has 1 N–H and O–H groups in total. The smallest absolute Gasteiger partial charge is 0.305 e. The summed E-state index contributed by atoms with van der Waals surface area (Å²) < 4.78 is 8.31. The molecule has 3 heterocycles. The van der Waals surface area contributed by atoms with Crippen molar-refractivity contribution in [2.45, 2.75) is 36.1 Å².